The average Bonchev–Trinajstić information content (AvgIpc) is 2.87. The van der Waals surface area contributed by atoms with Crippen LogP contribution < -0.4 is 14.8 Å². The zero-order valence-electron chi connectivity index (χ0n) is 15.6. The van der Waals surface area contributed by atoms with Crippen molar-refractivity contribution in [3.8, 4) is 11.5 Å². The van der Waals surface area contributed by atoms with Crippen LogP contribution in [0, 0.1) is 0 Å². The van der Waals surface area contributed by atoms with Crippen LogP contribution in [-0.2, 0) is 0 Å². The van der Waals surface area contributed by atoms with Gasteiger partial charge < -0.3 is 19.7 Å². The van der Waals surface area contributed by atoms with Gasteiger partial charge in [0, 0.05) is 38.3 Å². The summed E-state index contributed by atoms with van der Waals surface area (Å²) < 4.78 is 11.2. The zero-order chi connectivity index (χ0) is 17.8. The van der Waals surface area contributed by atoms with Gasteiger partial charge in [0.15, 0.2) is 0 Å². The molecule has 1 aromatic carbocycles. The highest BCUT2D eigenvalue weighted by molar-refractivity contribution is 5.35. The number of rotatable bonds is 5. The Morgan fingerprint density at radius 2 is 1.88 bits per heavy atom. The van der Waals surface area contributed by atoms with Gasteiger partial charge in [-0.05, 0) is 43.5 Å². The van der Waals surface area contributed by atoms with Gasteiger partial charge in [0.25, 0.3) is 0 Å². The van der Waals surface area contributed by atoms with Crippen molar-refractivity contribution < 1.29 is 9.47 Å². The second-order valence-electron chi connectivity index (χ2n) is 7.28. The molecule has 1 aromatic rings. The molecule has 2 heterocycles. The molecule has 0 aromatic heterocycles. The lowest BCUT2D eigenvalue weighted by Crippen LogP contribution is -2.43. The summed E-state index contributed by atoms with van der Waals surface area (Å²) in [6, 6.07) is 8.57. The minimum absolute atomic E-state index is 0.714. The monoisotopic (exact) mass is 355 g/mol. The fourth-order valence-corrected chi connectivity index (χ4v) is 3.87. The highest BCUT2D eigenvalue weighted by Gasteiger charge is 2.27. The molecule has 1 saturated carbocycles. The minimum atomic E-state index is 0.714. The normalized spacial score (nSPS) is 21.8. The Balaban J connectivity index is 1.35. The Morgan fingerprint density at radius 3 is 2.62 bits per heavy atom. The summed E-state index contributed by atoms with van der Waals surface area (Å²) >= 11 is 0. The number of benzene rings is 1. The van der Waals surface area contributed by atoms with Gasteiger partial charge in [0.1, 0.15) is 23.1 Å². The van der Waals surface area contributed by atoms with Crippen LogP contribution in [0.1, 0.15) is 25.7 Å². The SMILES string of the molecule is COc1cccc(OC2=CC=C(N3CCCN(C4CCC4)CC3)NC2)c1. The van der Waals surface area contributed by atoms with Crippen molar-refractivity contribution >= 4 is 0 Å². The van der Waals surface area contributed by atoms with Crippen molar-refractivity contribution in [2.45, 2.75) is 31.7 Å². The number of ether oxygens (including phenoxy) is 2. The first-order chi connectivity index (χ1) is 12.8. The molecule has 0 bridgehead atoms. The standard InChI is InChI=1S/C21H29N3O2/c1-25-18-7-3-8-19(15-18)26-20-9-10-21(22-16-20)24-12-4-11-23(13-14-24)17-5-2-6-17/h3,7-10,15,17,22H,2,4-6,11-14,16H2,1H3. The maximum Gasteiger partial charge on any atom is 0.130 e. The van der Waals surface area contributed by atoms with Crippen LogP contribution in [-0.4, -0.2) is 55.7 Å². The molecule has 140 valence electrons. The van der Waals surface area contributed by atoms with Crippen LogP contribution in [0.4, 0.5) is 0 Å². The fraction of sp³-hybridized carbons (Fsp3) is 0.524. The van der Waals surface area contributed by atoms with Crippen LogP contribution in [0.3, 0.4) is 0 Å². The predicted molar refractivity (Wildman–Crippen MR) is 103 cm³/mol. The van der Waals surface area contributed by atoms with Gasteiger partial charge in [-0.25, -0.2) is 0 Å². The Kier molecular flexibility index (Phi) is 5.34. The van der Waals surface area contributed by atoms with E-state index in [1.165, 1.54) is 44.6 Å². The smallest absolute Gasteiger partial charge is 0.130 e. The quantitative estimate of drug-likeness (QED) is 0.879. The third-order valence-corrected chi connectivity index (χ3v) is 5.62. The first-order valence-corrected chi connectivity index (χ1v) is 9.77. The van der Waals surface area contributed by atoms with Crippen molar-refractivity contribution in [3.05, 3.63) is 48.0 Å². The van der Waals surface area contributed by atoms with E-state index in [0.29, 0.717) is 6.54 Å². The highest BCUT2D eigenvalue weighted by Crippen LogP contribution is 2.26. The van der Waals surface area contributed by atoms with Crippen molar-refractivity contribution in [1.82, 2.24) is 15.1 Å². The number of dihydropyridines is 1. The Morgan fingerprint density at radius 1 is 1.00 bits per heavy atom. The van der Waals surface area contributed by atoms with Crippen LogP contribution in [0.25, 0.3) is 0 Å². The van der Waals surface area contributed by atoms with Gasteiger partial charge in [-0.1, -0.05) is 12.5 Å². The van der Waals surface area contributed by atoms with Gasteiger partial charge in [-0.2, -0.15) is 0 Å². The summed E-state index contributed by atoms with van der Waals surface area (Å²) in [4.78, 5) is 5.18. The maximum absolute atomic E-state index is 5.98. The minimum Gasteiger partial charge on any atom is -0.497 e. The molecule has 5 nitrogen and oxygen atoms in total. The van der Waals surface area contributed by atoms with Crippen molar-refractivity contribution in [1.29, 1.82) is 0 Å². The molecule has 1 aliphatic carbocycles. The predicted octanol–water partition coefficient (Wildman–Crippen LogP) is 2.96. The molecular formula is C21H29N3O2. The molecular weight excluding hydrogens is 326 g/mol. The maximum atomic E-state index is 5.98. The van der Waals surface area contributed by atoms with Crippen LogP contribution in [0.5, 0.6) is 11.5 Å². The summed E-state index contributed by atoms with van der Waals surface area (Å²) in [6.45, 7) is 5.37. The molecule has 0 unspecified atom stereocenters. The first-order valence-electron chi connectivity index (χ1n) is 9.77. The molecule has 1 N–H and O–H groups in total. The van der Waals surface area contributed by atoms with Gasteiger partial charge in [-0.3, -0.25) is 4.90 Å². The topological polar surface area (TPSA) is 37.0 Å². The average molecular weight is 355 g/mol. The fourth-order valence-electron chi connectivity index (χ4n) is 3.87. The molecule has 26 heavy (non-hydrogen) atoms. The number of allylic oxidation sites excluding steroid dienone is 2. The third-order valence-electron chi connectivity index (χ3n) is 5.62. The Labute approximate surface area is 156 Å². The summed E-state index contributed by atoms with van der Waals surface area (Å²) in [6.07, 6.45) is 9.69. The van der Waals surface area contributed by atoms with Gasteiger partial charge in [0.2, 0.25) is 0 Å². The van der Waals surface area contributed by atoms with E-state index in [2.05, 4.69) is 27.3 Å². The molecule has 5 heteroatoms. The van der Waals surface area contributed by atoms with E-state index >= 15 is 0 Å². The molecule has 2 fully saturated rings. The van der Waals surface area contributed by atoms with E-state index in [9.17, 15) is 0 Å². The molecule has 0 spiro atoms. The van der Waals surface area contributed by atoms with Gasteiger partial charge in [-0.15, -0.1) is 0 Å². The van der Waals surface area contributed by atoms with E-state index in [1.54, 1.807) is 7.11 Å². The number of nitrogens with one attached hydrogen (secondary N) is 1. The molecule has 2 aliphatic heterocycles. The summed E-state index contributed by atoms with van der Waals surface area (Å²) in [5.41, 5.74) is 0. The zero-order valence-corrected chi connectivity index (χ0v) is 15.6. The Hall–Kier alpha value is -2.14. The highest BCUT2D eigenvalue weighted by atomic mass is 16.5. The second-order valence-corrected chi connectivity index (χ2v) is 7.28. The van der Waals surface area contributed by atoms with Crippen molar-refractivity contribution in [3.63, 3.8) is 0 Å². The second kappa shape index (κ2) is 8.04. The third kappa shape index (κ3) is 3.98. The van der Waals surface area contributed by atoms with E-state index in [4.69, 9.17) is 9.47 Å². The molecule has 1 saturated heterocycles. The van der Waals surface area contributed by atoms with E-state index in [-0.39, 0.29) is 0 Å². The summed E-state index contributed by atoms with van der Waals surface area (Å²) in [7, 11) is 1.67. The Bertz CT molecular complexity index is 682. The number of hydrogen-bond donors (Lipinski definition) is 1. The number of nitrogens with zero attached hydrogens (tertiary/aromatic N) is 2. The van der Waals surface area contributed by atoms with E-state index in [0.717, 1.165) is 36.4 Å². The molecule has 0 atom stereocenters. The van der Waals surface area contributed by atoms with Gasteiger partial charge >= 0.3 is 0 Å². The summed E-state index contributed by atoms with van der Waals surface area (Å²) in [5.74, 6) is 3.76. The van der Waals surface area contributed by atoms with Crippen molar-refractivity contribution in [2.24, 2.45) is 0 Å². The molecule has 0 amide bonds. The van der Waals surface area contributed by atoms with Crippen LogP contribution >= 0.6 is 0 Å². The van der Waals surface area contributed by atoms with Gasteiger partial charge in [0.05, 0.1) is 13.7 Å². The largest absolute Gasteiger partial charge is 0.497 e. The molecule has 3 aliphatic rings. The van der Waals surface area contributed by atoms with E-state index < -0.39 is 0 Å². The van der Waals surface area contributed by atoms with Crippen LogP contribution in [0.2, 0.25) is 0 Å². The lowest BCUT2D eigenvalue weighted by molar-refractivity contribution is 0.132. The molecule has 0 radical (unpaired) electrons. The van der Waals surface area contributed by atoms with Crippen LogP contribution in [0.15, 0.2) is 48.0 Å². The van der Waals surface area contributed by atoms with Crippen molar-refractivity contribution in [2.75, 3.05) is 39.8 Å². The summed E-state index contributed by atoms with van der Waals surface area (Å²) in [5, 5.41) is 3.53. The van der Waals surface area contributed by atoms with E-state index in [1.807, 2.05) is 24.3 Å². The lowest BCUT2D eigenvalue weighted by atomic mass is 9.91. The number of methoxy groups -OCH3 is 1. The molecule has 4 rings (SSSR count). The first kappa shape index (κ1) is 17.3. The lowest BCUT2D eigenvalue weighted by Gasteiger charge is -2.37. The number of hydrogen-bond acceptors (Lipinski definition) is 5.